The lowest BCUT2D eigenvalue weighted by Gasteiger charge is -2.18. The fourth-order valence-corrected chi connectivity index (χ4v) is 3.27. The number of fused-ring (bicyclic) bond motifs is 1. The van der Waals surface area contributed by atoms with Gasteiger partial charge < -0.3 is 20.4 Å². The second-order valence-corrected chi connectivity index (χ2v) is 6.06. The molecule has 2 aromatic rings. The molecule has 0 aliphatic heterocycles. The predicted molar refractivity (Wildman–Crippen MR) is 87.4 cm³/mol. The third kappa shape index (κ3) is 3.29. The van der Waals surface area contributed by atoms with Crippen LogP contribution in [0.3, 0.4) is 0 Å². The fraction of sp³-hybridized carbons (Fsp3) is 0.400. The van der Waals surface area contributed by atoms with Gasteiger partial charge in [-0.2, -0.15) is 0 Å². The molecule has 0 bridgehead atoms. The number of aliphatic carboxylic acids is 1. The highest BCUT2D eigenvalue weighted by atomic mass is 16.6. The van der Waals surface area contributed by atoms with Crippen LogP contribution in [-0.4, -0.2) is 32.0 Å². The standard InChI is InChI=1S/C15H16N4O6/c20-13-14(21)18-12-7(4-8(19(24)25)5-11(12)17-13)6-16-10-3-1-2-9(10)15(22)23/h4-5,9-10,16H,1-3,6H2,(H,17,20)(H,18,21)(H,22,23)/t9-,10+/m1/s1. The molecule has 3 rings (SSSR count). The minimum Gasteiger partial charge on any atom is -0.481 e. The molecule has 0 saturated heterocycles. The molecule has 1 aromatic heterocycles. The summed E-state index contributed by atoms with van der Waals surface area (Å²) in [7, 11) is 0. The number of carboxylic acid groups (broad SMARTS) is 1. The number of nitrogens with one attached hydrogen (secondary N) is 3. The highest BCUT2D eigenvalue weighted by molar-refractivity contribution is 5.80. The number of nitro groups is 1. The number of nitrogens with zero attached hydrogens (tertiary/aromatic N) is 1. The van der Waals surface area contributed by atoms with Crippen LogP contribution in [0.15, 0.2) is 21.7 Å². The van der Waals surface area contributed by atoms with E-state index in [9.17, 15) is 29.6 Å². The molecular weight excluding hydrogens is 332 g/mol. The van der Waals surface area contributed by atoms with E-state index in [1.165, 1.54) is 12.1 Å². The van der Waals surface area contributed by atoms with E-state index < -0.39 is 27.9 Å². The summed E-state index contributed by atoms with van der Waals surface area (Å²) < 4.78 is 0. The van der Waals surface area contributed by atoms with Gasteiger partial charge in [-0.05, 0) is 18.4 Å². The van der Waals surface area contributed by atoms with E-state index in [-0.39, 0.29) is 29.3 Å². The topological polar surface area (TPSA) is 158 Å². The van der Waals surface area contributed by atoms with Crippen molar-refractivity contribution >= 4 is 22.7 Å². The summed E-state index contributed by atoms with van der Waals surface area (Å²) >= 11 is 0. The molecule has 1 fully saturated rings. The molecule has 10 nitrogen and oxygen atoms in total. The lowest BCUT2D eigenvalue weighted by Crippen LogP contribution is -2.36. The molecule has 0 amide bonds. The molecule has 0 radical (unpaired) electrons. The van der Waals surface area contributed by atoms with E-state index in [1.807, 2.05) is 0 Å². The number of aromatic nitrogens is 2. The highest BCUT2D eigenvalue weighted by Gasteiger charge is 2.32. The van der Waals surface area contributed by atoms with E-state index in [0.717, 1.165) is 6.42 Å². The number of H-pyrrole nitrogens is 2. The first-order chi connectivity index (χ1) is 11.9. The van der Waals surface area contributed by atoms with Gasteiger partial charge in [0.25, 0.3) is 5.69 Å². The summed E-state index contributed by atoms with van der Waals surface area (Å²) in [6.07, 6.45) is 2.05. The molecule has 0 spiro atoms. The van der Waals surface area contributed by atoms with Gasteiger partial charge in [0.2, 0.25) is 0 Å². The van der Waals surface area contributed by atoms with Crippen molar-refractivity contribution in [1.29, 1.82) is 0 Å². The summed E-state index contributed by atoms with van der Waals surface area (Å²) in [5.41, 5.74) is -1.13. The van der Waals surface area contributed by atoms with Crippen LogP contribution in [-0.2, 0) is 11.3 Å². The second-order valence-electron chi connectivity index (χ2n) is 6.06. The van der Waals surface area contributed by atoms with E-state index >= 15 is 0 Å². The Morgan fingerprint density at radius 3 is 2.68 bits per heavy atom. The number of rotatable bonds is 5. The van der Waals surface area contributed by atoms with Crippen LogP contribution in [0.4, 0.5) is 5.69 Å². The smallest absolute Gasteiger partial charge is 0.314 e. The second kappa shape index (κ2) is 6.48. The van der Waals surface area contributed by atoms with Crippen molar-refractivity contribution in [2.75, 3.05) is 0 Å². The van der Waals surface area contributed by atoms with Crippen LogP contribution in [0.25, 0.3) is 11.0 Å². The van der Waals surface area contributed by atoms with Crippen LogP contribution in [0.1, 0.15) is 24.8 Å². The maximum Gasteiger partial charge on any atom is 0.314 e. The molecule has 1 aliphatic rings. The monoisotopic (exact) mass is 348 g/mol. The van der Waals surface area contributed by atoms with Crippen molar-refractivity contribution in [3.05, 3.63) is 48.5 Å². The Labute approximate surface area is 140 Å². The first kappa shape index (κ1) is 16.8. The maximum absolute atomic E-state index is 11.6. The van der Waals surface area contributed by atoms with Gasteiger partial charge in [-0.15, -0.1) is 0 Å². The first-order valence-electron chi connectivity index (χ1n) is 7.76. The highest BCUT2D eigenvalue weighted by Crippen LogP contribution is 2.27. The Balaban J connectivity index is 1.98. The zero-order valence-corrected chi connectivity index (χ0v) is 13.1. The number of non-ortho nitro benzene ring substituents is 1. The maximum atomic E-state index is 11.6. The van der Waals surface area contributed by atoms with Gasteiger partial charge in [0.1, 0.15) is 0 Å². The first-order valence-corrected chi connectivity index (χ1v) is 7.76. The average Bonchev–Trinajstić information content (AvgIpc) is 3.02. The SMILES string of the molecule is O=C(O)[C@@H]1CCC[C@@H]1NCc1cc([N+](=O)[O-])cc2[nH]c(=O)c(=O)[nH]c12. The summed E-state index contributed by atoms with van der Waals surface area (Å²) in [4.78, 5) is 49.5. The largest absolute Gasteiger partial charge is 0.481 e. The predicted octanol–water partition coefficient (Wildman–Crippen LogP) is 0.468. The van der Waals surface area contributed by atoms with Crippen LogP contribution in [0.2, 0.25) is 0 Å². The zero-order valence-electron chi connectivity index (χ0n) is 13.1. The lowest BCUT2D eigenvalue weighted by molar-refractivity contribution is -0.384. The Kier molecular flexibility index (Phi) is 4.36. The minimum absolute atomic E-state index is 0.134. The molecule has 1 aliphatic carbocycles. The number of aromatic amines is 2. The molecule has 1 aromatic carbocycles. The van der Waals surface area contributed by atoms with E-state index in [4.69, 9.17) is 0 Å². The van der Waals surface area contributed by atoms with E-state index in [0.29, 0.717) is 18.4 Å². The van der Waals surface area contributed by atoms with Crippen molar-refractivity contribution in [2.24, 2.45) is 5.92 Å². The number of benzene rings is 1. The summed E-state index contributed by atoms with van der Waals surface area (Å²) in [6, 6.07) is 2.22. The van der Waals surface area contributed by atoms with Gasteiger partial charge in [0, 0.05) is 24.7 Å². The Morgan fingerprint density at radius 2 is 2.00 bits per heavy atom. The number of carboxylic acids is 1. The summed E-state index contributed by atoms with van der Waals surface area (Å²) in [5.74, 6) is -1.39. The average molecular weight is 348 g/mol. The van der Waals surface area contributed by atoms with Crippen LogP contribution >= 0.6 is 0 Å². The minimum atomic E-state index is -0.895. The Hall–Kier alpha value is -3.01. The zero-order chi connectivity index (χ0) is 18.1. The fourth-order valence-electron chi connectivity index (χ4n) is 3.27. The van der Waals surface area contributed by atoms with Crippen LogP contribution < -0.4 is 16.4 Å². The summed E-state index contributed by atoms with van der Waals surface area (Å²) in [5, 5.41) is 23.4. The number of hydrogen-bond acceptors (Lipinski definition) is 6. The molecular formula is C15H16N4O6. The molecule has 4 N–H and O–H groups in total. The number of carbonyl (C=O) groups is 1. The quantitative estimate of drug-likeness (QED) is 0.347. The van der Waals surface area contributed by atoms with Crippen molar-refractivity contribution in [3.63, 3.8) is 0 Å². The molecule has 2 atom stereocenters. The number of nitro benzene ring substituents is 1. The van der Waals surface area contributed by atoms with E-state index in [2.05, 4.69) is 15.3 Å². The van der Waals surface area contributed by atoms with Crippen molar-refractivity contribution in [1.82, 2.24) is 15.3 Å². The lowest BCUT2D eigenvalue weighted by atomic mass is 10.0. The summed E-state index contributed by atoms with van der Waals surface area (Å²) in [6.45, 7) is 0.134. The molecule has 10 heteroatoms. The normalized spacial score (nSPS) is 20.0. The van der Waals surface area contributed by atoms with Gasteiger partial charge in [0.05, 0.1) is 21.9 Å². The van der Waals surface area contributed by atoms with Crippen molar-refractivity contribution in [2.45, 2.75) is 31.8 Å². The molecule has 1 heterocycles. The molecule has 25 heavy (non-hydrogen) atoms. The Morgan fingerprint density at radius 1 is 1.28 bits per heavy atom. The van der Waals surface area contributed by atoms with Crippen molar-refractivity contribution < 1.29 is 14.8 Å². The van der Waals surface area contributed by atoms with E-state index in [1.54, 1.807) is 0 Å². The van der Waals surface area contributed by atoms with Gasteiger partial charge >= 0.3 is 17.1 Å². The van der Waals surface area contributed by atoms with Gasteiger partial charge in [-0.25, -0.2) is 0 Å². The van der Waals surface area contributed by atoms with Crippen LogP contribution in [0.5, 0.6) is 0 Å². The number of hydrogen-bond donors (Lipinski definition) is 4. The van der Waals surface area contributed by atoms with Gasteiger partial charge in [-0.1, -0.05) is 6.42 Å². The third-order valence-electron chi connectivity index (χ3n) is 4.50. The van der Waals surface area contributed by atoms with Crippen molar-refractivity contribution in [3.8, 4) is 0 Å². The van der Waals surface area contributed by atoms with Crippen LogP contribution in [0, 0.1) is 16.0 Å². The Bertz CT molecular complexity index is 963. The molecule has 132 valence electrons. The van der Waals surface area contributed by atoms with Gasteiger partial charge in [-0.3, -0.25) is 24.5 Å². The molecule has 0 unspecified atom stereocenters. The molecule has 1 saturated carbocycles. The van der Waals surface area contributed by atoms with Gasteiger partial charge in [0.15, 0.2) is 0 Å². The third-order valence-corrected chi connectivity index (χ3v) is 4.50.